The van der Waals surface area contributed by atoms with Gasteiger partial charge in [-0.3, -0.25) is 8.58 Å². The highest BCUT2D eigenvalue weighted by Crippen LogP contribution is 2.44. The molecule has 0 aliphatic carbocycles. The molecule has 0 bridgehead atoms. The van der Waals surface area contributed by atoms with Crippen LogP contribution in [0.25, 0.3) is 11.0 Å². The second-order valence-corrected chi connectivity index (χ2v) is 7.40. The number of nitrogens with one attached hydrogen (secondary N) is 1. The van der Waals surface area contributed by atoms with Crippen molar-refractivity contribution >= 4 is 34.8 Å². The first-order chi connectivity index (χ1) is 14.0. The van der Waals surface area contributed by atoms with Crippen molar-refractivity contribution in [3.63, 3.8) is 0 Å². The third kappa shape index (κ3) is 3.53. The molecule has 1 aromatic carbocycles. The van der Waals surface area contributed by atoms with Crippen LogP contribution in [0.3, 0.4) is 0 Å². The minimum absolute atomic E-state index is 0.436. The summed E-state index contributed by atoms with van der Waals surface area (Å²) in [5, 5.41) is 39.7. The first kappa shape index (κ1) is 21.2. The van der Waals surface area contributed by atoms with Crippen molar-refractivity contribution in [2.24, 2.45) is 0 Å². The molecule has 2 saturated heterocycles. The number of halogens is 2. The molecule has 2 aliphatic rings. The SMILES string of the molecule is OC[C@H]1O[C@@H](c2cc3nc[nH]c3cc2[C@@H]2O[C@H](CO)[C@@H](O)[C@H]2OCl)[C@H](OCl)[C@@H]1O. The Bertz CT molecular complexity index is 788. The molecule has 0 spiro atoms. The standard InChI is InChI=1S/C17H20Cl2N2O8/c18-28-16-12(24)10(3-22)26-14(16)6-1-8-9(21-5-20-8)2-7(6)15-17(29-19)13(25)11(4-23)27-15/h1-2,5,10-17,22-25H,3-4H2,(H,20,21)/t10-,11-,12-,13-,14+,15+,16-,17-/m1/s1. The fourth-order valence-electron chi connectivity index (χ4n) is 3.98. The van der Waals surface area contributed by atoms with E-state index in [1.54, 1.807) is 12.1 Å². The molecule has 10 nitrogen and oxygen atoms in total. The normalized spacial score (nSPS) is 37.6. The van der Waals surface area contributed by atoms with Crippen molar-refractivity contribution in [3.8, 4) is 0 Å². The quantitative estimate of drug-likeness (QED) is 0.417. The maximum Gasteiger partial charge on any atom is 0.138 e. The van der Waals surface area contributed by atoms with Crippen molar-refractivity contribution in [1.82, 2.24) is 9.97 Å². The first-order valence-electron chi connectivity index (χ1n) is 8.94. The molecule has 2 aromatic rings. The molecule has 29 heavy (non-hydrogen) atoms. The van der Waals surface area contributed by atoms with E-state index in [1.165, 1.54) is 6.33 Å². The van der Waals surface area contributed by atoms with Gasteiger partial charge >= 0.3 is 0 Å². The minimum atomic E-state index is -1.18. The predicted octanol–water partition coefficient (Wildman–Crippen LogP) is 0.227. The van der Waals surface area contributed by atoms with Gasteiger partial charge in [-0.15, -0.1) is 0 Å². The van der Waals surface area contributed by atoms with E-state index in [9.17, 15) is 20.4 Å². The number of aromatic nitrogens is 2. The molecule has 0 unspecified atom stereocenters. The van der Waals surface area contributed by atoms with Gasteiger partial charge in [0.1, 0.15) is 48.8 Å². The molecular weight excluding hydrogens is 431 g/mol. The van der Waals surface area contributed by atoms with Gasteiger partial charge < -0.3 is 34.9 Å². The Morgan fingerprint density at radius 3 is 1.93 bits per heavy atom. The number of imidazole rings is 1. The molecule has 1 aromatic heterocycles. The molecular formula is C17H20Cl2N2O8. The zero-order chi connectivity index (χ0) is 20.7. The maximum atomic E-state index is 10.4. The Hall–Kier alpha value is -1.05. The van der Waals surface area contributed by atoms with Crippen LogP contribution >= 0.6 is 23.7 Å². The summed E-state index contributed by atoms with van der Waals surface area (Å²) >= 11 is 11.2. The van der Waals surface area contributed by atoms with Crippen LogP contribution in [-0.4, -0.2) is 80.2 Å². The number of fused-ring (bicyclic) bond motifs is 1. The van der Waals surface area contributed by atoms with Gasteiger partial charge in [0, 0.05) is 0 Å². The number of benzene rings is 1. The van der Waals surface area contributed by atoms with Crippen LogP contribution in [0.15, 0.2) is 18.5 Å². The Morgan fingerprint density at radius 1 is 0.931 bits per heavy atom. The summed E-state index contributed by atoms with van der Waals surface area (Å²) in [5.74, 6) is 0. The van der Waals surface area contributed by atoms with E-state index in [0.717, 1.165) is 0 Å². The van der Waals surface area contributed by atoms with E-state index in [4.69, 9.17) is 41.8 Å². The number of H-pyrrole nitrogens is 1. The lowest BCUT2D eigenvalue weighted by Crippen LogP contribution is -2.33. The zero-order valence-corrected chi connectivity index (χ0v) is 16.4. The van der Waals surface area contributed by atoms with Crippen LogP contribution in [0, 0.1) is 0 Å². The van der Waals surface area contributed by atoms with E-state index in [1.807, 2.05) is 0 Å². The van der Waals surface area contributed by atoms with Gasteiger partial charge in [-0.1, -0.05) is 0 Å². The van der Waals surface area contributed by atoms with Gasteiger partial charge in [0.2, 0.25) is 0 Å². The van der Waals surface area contributed by atoms with Crippen molar-refractivity contribution in [1.29, 1.82) is 0 Å². The van der Waals surface area contributed by atoms with E-state index in [0.29, 0.717) is 22.2 Å². The minimum Gasteiger partial charge on any atom is -0.394 e. The molecule has 2 fully saturated rings. The van der Waals surface area contributed by atoms with Crippen molar-refractivity contribution in [2.45, 2.75) is 48.8 Å². The highest BCUT2D eigenvalue weighted by atomic mass is 35.5. The van der Waals surface area contributed by atoms with Gasteiger partial charge in [-0.05, 0) is 23.3 Å². The Kier molecular flexibility index (Phi) is 6.28. The zero-order valence-electron chi connectivity index (χ0n) is 14.9. The Morgan fingerprint density at radius 2 is 1.45 bits per heavy atom. The number of aliphatic hydroxyl groups is 4. The van der Waals surface area contributed by atoms with Crippen LogP contribution in [0.4, 0.5) is 0 Å². The fourth-order valence-corrected chi connectivity index (χ4v) is 4.38. The second kappa shape index (κ2) is 8.60. The lowest BCUT2D eigenvalue weighted by Gasteiger charge is -2.25. The molecule has 160 valence electrons. The van der Waals surface area contributed by atoms with Crippen molar-refractivity contribution in [2.75, 3.05) is 13.2 Å². The van der Waals surface area contributed by atoms with Crippen LogP contribution in [0.1, 0.15) is 23.3 Å². The van der Waals surface area contributed by atoms with Crippen molar-refractivity contribution < 1.29 is 38.5 Å². The summed E-state index contributed by atoms with van der Waals surface area (Å²) in [4.78, 5) is 7.21. The molecule has 8 atom stereocenters. The number of rotatable bonds is 6. The summed E-state index contributed by atoms with van der Waals surface area (Å²) in [7, 11) is 0. The number of aromatic amines is 1. The largest absolute Gasteiger partial charge is 0.394 e. The summed E-state index contributed by atoms with van der Waals surface area (Å²) in [6.45, 7) is -0.873. The van der Waals surface area contributed by atoms with E-state index in [2.05, 4.69) is 9.97 Å². The third-order valence-corrected chi connectivity index (χ3v) is 5.89. The van der Waals surface area contributed by atoms with E-state index < -0.39 is 62.0 Å². The predicted molar refractivity (Wildman–Crippen MR) is 99.0 cm³/mol. The van der Waals surface area contributed by atoms with Gasteiger partial charge in [-0.25, -0.2) is 4.98 Å². The van der Waals surface area contributed by atoms with Gasteiger partial charge in [0.25, 0.3) is 0 Å². The maximum absolute atomic E-state index is 10.4. The van der Waals surface area contributed by atoms with Crippen LogP contribution < -0.4 is 0 Å². The van der Waals surface area contributed by atoms with Crippen molar-refractivity contribution in [3.05, 3.63) is 29.6 Å². The monoisotopic (exact) mass is 450 g/mol. The molecule has 0 saturated carbocycles. The van der Waals surface area contributed by atoms with Crippen LogP contribution in [0.2, 0.25) is 0 Å². The summed E-state index contributed by atoms with van der Waals surface area (Å²) < 4.78 is 21.4. The van der Waals surface area contributed by atoms with Gasteiger partial charge in [0.05, 0.1) is 54.3 Å². The smallest absolute Gasteiger partial charge is 0.138 e. The molecule has 4 rings (SSSR count). The number of hydrogen-bond donors (Lipinski definition) is 5. The summed E-state index contributed by atoms with van der Waals surface area (Å²) in [5.41, 5.74) is 2.28. The lowest BCUT2D eigenvalue weighted by atomic mass is 9.91. The first-order valence-corrected chi connectivity index (χ1v) is 9.56. The highest BCUT2D eigenvalue weighted by molar-refractivity contribution is 6.07. The Balaban J connectivity index is 1.82. The number of nitrogens with zero attached hydrogens (tertiary/aromatic N) is 1. The topological polar surface area (TPSA) is 147 Å². The average molecular weight is 451 g/mol. The number of ether oxygens (including phenoxy) is 2. The average Bonchev–Trinajstić information content (AvgIpc) is 3.41. The lowest BCUT2D eigenvalue weighted by molar-refractivity contribution is -0.0300. The van der Waals surface area contributed by atoms with Crippen LogP contribution in [-0.2, 0) is 18.1 Å². The van der Waals surface area contributed by atoms with Gasteiger partial charge in [-0.2, -0.15) is 0 Å². The molecule has 3 heterocycles. The molecule has 0 amide bonds. The second-order valence-electron chi connectivity index (χ2n) is 7.04. The summed E-state index contributed by atoms with van der Waals surface area (Å²) in [6.07, 6.45) is -6.37. The van der Waals surface area contributed by atoms with E-state index >= 15 is 0 Å². The molecule has 2 aliphatic heterocycles. The number of aliphatic hydroxyl groups excluding tert-OH is 4. The fraction of sp³-hybridized carbons (Fsp3) is 0.588. The highest BCUT2D eigenvalue weighted by Gasteiger charge is 2.50. The number of hydrogen-bond acceptors (Lipinski definition) is 9. The molecule has 0 radical (unpaired) electrons. The summed E-state index contributed by atoms with van der Waals surface area (Å²) in [6, 6.07) is 3.43. The van der Waals surface area contributed by atoms with Gasteiger partial charge in [0.15, 0.2) is 0 Å². The molecule has 12 heteroatoms. The van der Waals surface area contributed by atoms with Crippen LogP contribution in [0.5, 0.6) is 0 Å². The third-order valence-electron chi connectivity index (χ3n) is 5.48. The Labute approximate surface area is 175 Å². The molecule has 5 N–H and O–H groups in total. The van der Waals surface area contributed by atoms with E-state index in [-0.39, 0.29) is 0 Å².